The van der Waals surface area contributed by atoms with Gasteiger partial charge in [-0.25, -0.2) is 4.79 Å². The number of amides is 1. The molecule has 95 heavy (non-hydrogen) atoms. The average Bonchev–Trinajstić information content (AvgIpc) is 1.64. The first kappa shape index (κ1) is 84.3. The second-order valence-corrected chi connectivity index (χ2v) is 26.2. The van der Waals surface area contributed by atoms with Gasteiger partial charge in [-0.05, 0) is 190 Å². The zero-order chi connectivity index (χ0) is 67.1. The average molecular weight is 1310 g/mol. The van der Waals surface area contributed by atoms with Crippen LogP contribution >= 0.6 is 0 Å². The lowest BCUT2D eigenvalue weighted by molar-refractivity contribution is -0.143. The number of hydrogen-bond acceptors (Lipinski definition) is 14. The minimum atomic E-state index is -0.397. The molecule has 6 aromatic rings. The van der Waals surface area contributed by atoms with Crippen LogP contribution in [0.5, 0.6) is 0 Å². The van der Waals surface area contributed by atoms with Gasteiger partial charge in [0.05, 0.1) is 19.4 Å². The fourth-order valence-corrected chi connectivity index (χ4v) is 12.7. The Labute approximate surface area is 574 Å². The summed E-state index contributed by atoms with van der Waals surface area (Å²) in [5.41, 5.74) is 31.5. The third kappa shape index (κ3) is 27.7. The van der Waals surface area contributed by atoms with Crippen LogP contribution in [0.25, 0.3) is 33.4 Å². The molecular formula is C80H125N9O6. The van der Waals surface area contributed by atoms with Crippen molar-refractivity contribution in [1.82, 2.24) is 31.5 Å². The number of nitrogens with two attached hydrogens (primary N) is 3. The van der Waals surface area contributed by atoms with Crippen LogP contribution in [0.15, 0.2) is 146 Å². The molecule has 0 heterocycles. The lowest BCUT2D eigenvalue weighted by Gasteiger charge is -2.32. The number of rotatable bonds is 28. The van der Waals surface area contributed by atoms with Gasteiger partial charge in [-0.1, -0.05) is 209 Å². The smallest absolute Gasteiger partial charge is 0.408 e. The molecule has 0 aromatic heterocycles. The molecule has 15 heteroatoms. The predicted octanol–water partition coefficient (Wildman–Crippen LogP) is 15.2. The highest BCUT2D eigenvalue weighted by atomic mass is 16.5. The zero-order valence-corrected chi connectivity index (χ0v) is 57.7. The monoisotopic (exact) mass is 1310 g/mol. The van der Waals surface area contributed by atoms with Crippen molar-refractivity contribution in [2.75, 3.05) is 67.3 Å². The summed E-state index contributed by atoms with van der Waals surface area (Å²) in [6, 6.07) is 51.2. The number of alkyl carbamates (subject to hydrolysis) is 1. The maximum absolute atomic E-state index is 11.6. The van der Waals surface area contributed by atoms with E-state index in [0.29, 0.717) is 38.6 Å². The summed E-state index contributed by atoms with van der Waals surface area (Å²) in [6.07, 6.45) is 8.24. The Kier molecular flexibility index (Phi) is 39.8. The fraction of sp³-hybridized carbons (Fsp3) is 0.512. The van der Waals surface area contributed by atoms with Crippen molar-refractivity contribution < 1.29 is 28.6 Å². The van der Waals surface area contributed by atoms with Crippen molar-refractivity contribution in [1.29, 1.82) is 0 Å². The Bertz CT molecular complexity index is 2980. The Balaban J connectivity index is 0.000000403. The molecule has 0 saturated heterocycles. The van der Waals surface area contributed by atoms with Gasteiger partial charge in [0, 0.05) is 36.8 Å². The standard InChI is InChI=1S/C17H18N2O2.C17H17NO2.C16H14O2.C14H33N3.C13H31N3.3CH4/c1-18-11-19-17(20)21-10-16-14-8-4-2-6-12(14)13-7-3-5-9-15(13)16;1-18-10-17(19)20-11-16-14-8-4-2-6-12(14)13-7-3-5-9-15(13)16;1-11(17)18-10-16-14-8-4-2-6-12(14)13-7-3-5-9-15(13)16;1-11(2)10-14(17(6)12(3)4)8-7-9-16-13(5)15;1-10(2)8-12(9-11(3)4)6-5-7-16-13(14)15;;;/h2-9,16,18H,10-11H2,1H3,(H,19,20);2-9,16,18H,10-11H2,1H3;2-9,16H,10H2,1H3;11-14,16H,7-10,15H2,1-6H3;10-13,16H,5-9,14-15H2,1-4H3;3*1H4/t;;;13?,14-;;;;/m...0..../s1. The van der Waals surface area contributed by atoms with E-state index in [4.69, 9.17) is 31.4 Å². The van der Waals surface area contributed by atoms with Crippen LogP contribution in [0.1, 0.15) is 188 Å². The quantitative estimate of drug-likeness (QED) is 0.00992. The number of likely N-dealkylation sites (N-methyl/N-ethyl adjacent to an activating group) is 1. The highest BCUT2D eigenvalue weighted by Gasteiger charge is 2.32. The summed E-state index contributed by atoms with van der Waals surface area (Å²) in [5.74, 6) is 3.20. The molecule has 3 aliphatic carbocycles. The Morgan fingerprint density at radius 2 is 0.821 bits per heavy atom. The van der Waals surface area contributed by atoms with Crippen molar-refractivity contribution in [3.63, 3.8) is 0 Å². The molecule has 1 unspecified atom stereocenters. The predicted molar refractivity (Wildman–Crippen MR) is 400 cm³/mol. The van der Waals surface area contributed by atoms with E-state index in [9.17, 15) is 14.4 Å². The Morgan fingerprint density at radius 3 is 1.15 bits per heavy atom. The molecule has 3 aliphatic rings. The molecule has 526 valence electrons. The summed E-state index contributed by atoms with van der Waals surface area (Å²) in [6.45, 7) is 25.6. The van der Waals surface area contributed by atoms with E-state index >= 15 is 0 Å². The van der Waals surface area contributed by atoms with E-state index < -0.39 is 6.09 Å². The number of esters is 2. The Morgan fingerprint density at radius 1 is 0.474 bits per heavy atom. The molecule has 2 atom stereocenters. The van der Waals surface area contributed by atoms with E-state index in [2.05, 4.69) is 167 Å². The van der Waals surface area contributed by atoms with E-state index in [1.54, 1.807) is 14.1 Å². The minimum absolute atomic E-state index is 0. The van der Waals surface area contributed by atoms with Gasteiger partial charge >= 0.3 is 18.0 Å². The van der Waals surface area contributed by atoms with Gasteiger partial charge in [-0.3, -0.25) is 14.9 Å². The first-order valence-corrected chi connectivity index (χ1v) is 33.6. The van der Waals surface area contributed by atoms with Crippen LogP contribution in [0.2, 0.25) is 0 Å². The largest absolute Gasteiger partial charge is 0.465 e. The first-order valence-electron chi connectivity index (χ1n) is 33.6. The van der Waals surface area contributed by atoms with Crippen LogP contribution in [0, 0.1) is 23.7 Å². The van der Waals surface area contributed by atoms with E-state index in [-0.39, 0.29) is 71.0 Å². The summed E-state index contributed by atoms with van der Waals surface area (Å²) in [7, 11) is 5.75. The molecule has 0 bridgehead atoms. The molecule has 0 saturated carbocycles. The van der Waals surface area contributed by atoms with Gasteiger partial charge in [-0.2, -0.15) is 0 Å². The highest BCUT2D eigenvalue weighted by molar-refractivity contribution is 5.81. The third-order valence-electron chi connectivity index (χ3n) is 17.0. The number of hydrogen-bond donors (Lipinski definition) is 8. The molecular weight excluding hydrogens is 1180 g/mol. The summed E-state index contributed by atoms with van der Waals surface area (Å²) >= 11 is 0. The number of nitrogens with one attached hydrogen (secondary N) is 5. The zero-order valence-electron chi connectivity index (χ0n) is 57.7. The summed E-state index contributed by atoms with van der Waals surface area (Å²) < 4.78 is 15.9. The Hall–Kier alpha value is -6.79. The van der Waals surface area contributed by atoms with Crippen LogP contribution in [-0.2, 0) is 23.8 Å². The van der Waals surface area contributed by atoms with Crippen molar-refractivity contribution in [2.24, 2.45) is 40.9 Å². The van der Waals surface area contributed by atoms with Gasteiger partial charge < -0.3 is 57.6 Å². The van der Waals surface area contributed by atoms with Crippen molar-refractivity contribution >= 4 is 18.0 Å². The number of nitrogens with zero attached hydrogens (tertiary/aromatic N) is 1. The third-order valence-corrected chi connectivity index (χ3v) is 17.0. The molecule has 9 rings (SSSR count). The minimum Gasteiger partial charge on any atom is -0.465 e. The molecule has 0 aliphatic heterocycles. The van der Waals surface area contributed by atoms with Crippen molar-refractivity contribution in [3.05, 3.63) is 179 Å². The normalized spacial score (nSPS) is 12.9. The molecule has 6 aromatic carbocycles. The van der Waals surface area contributed by atoms with Crippen LogP contribution in [0.3, 0.4) is 0 Å². The summed E-state index contributed by atoms with van der Waals surface area (Å²) in [5, 5.41) is 14.6. The molecule has 11 N–H and O–H groups in total. The summed E-state index contributed by atoms with van der Waals surface area (Å²) in [4.78, 5) is 36.7. The second kappa shape index (κ2) is 44.9. The van der Waals surface area contributed by atoms with Crippen LogP contribution in [0.4, 0.5) is 4.79 Å². The van der Waals surface area contributed by atoms with Gasteiger partial charge in [-0.15, -0.1) is 0 Å². The lowest BCUT2D eigenvalue weighted by Crippen LogP contribution is -2.45. The number of fused-ring (bicyclic) bond motifs is 9. The van der Waals surface area contributed by atoms with Crippen molar-refractivity contribution in [2.45, 2.75) is 179 Å². The van der Waals surface area contributed by atoms with Crippen LogP contribution < -0.4 is 43.8 Å². The maximum atomic E-state index is 11.6. The van der Waals surface area contributed by atoms with E-state index in [1.165, 1.54) is 119 Å². The molecule has 15 nitrogen and oxygen atoms in total. The molecule has 0 radical (unpaired) electrons. The van der Waals surface area contributed by atoms with Gasteiger partial charge in [0.25, 0.3) is 0 Å². The molecule has 1 amide bonds. The topological polar surface area (TPSA) is 220 Å². The van der Waals surface area contributed by atoms with E-state index in [0.717, 1.165) is 36.8 Å². The molecule has 0 fully saturated rings. The van der Waals surface area contributed by atoms with Gasteiger partial charge in [0.15, 0.2) is 0 Å². The molecule has 0 spiro atoms. The van der Waals surface area contributed by atoms with Gasteiger partial charge in [0.2, 0.25) is 0 Å². The number of carbonyl (C=O) groups excluding carboxylic acids is 3. The number of benzene rings is 6. The van der Waals surface area contributed by atoms with E-state index in [1.807, 2.05) is 79.7 Å². The number of carbonyl (C=O) groups is 3. The van der Waals surface area contributed by atoms with Crippen LogP contribution in [-0.4, -0.2) is 115 Å². The SMILES string of the molecule is C.C.C.CC(=O)OCC1c2ccccc2-c2ccccc21.CC(C)CC(CCCNC(N)N)CC(C)C.CC(C)C[C@H](CCCNC(C)N)N(C)C(C)C.CNCC(=O)OCC1c2ccccc2-c2ccccc21.CNCNC(=O)OCC1c2ccccc2-c2ccccc21. The maximum Gasteiger partial charge on any atom is 0.408 e. The second-order valence-electron chi connectivity index (χ2n) is 26.2. The van der Waals surface area contributed by atoms with Crippen molar-refractivity contribution in [3.8, 4) is 33.4 Å². The highest BCUT2D eigenvalue weighted by Crippen LogP contribution is 2.47. The first-order chi connectivity index (χ1) is 44.1. The fourth-order valence-electron chi connectivity index (χ4n) is 12.7. The lowest BCUT2D eigenvalue weighted by atomic mass is 9.86. The number of ether oxygens (including phenoxy) is 3. The van der Waals surface area contributed by atoms with Gasteiger partial charge in [0.1, 0.15) is 26.1 Å².